The van der Waals surface area contributed by atoms with Gasteiger partial charge in [-0.15, -0.1) is 5.10 Å². The first-order chi connectivity index (χ1) is 19.0. The third kappa shape index (κ3) is 5.41. The Morgan fingerprint density at radius 1 is 1.03 bits per heavy atom. The number of nitrogens with zero attached hydrogens (tertiary/aromatic N) is 4. The maximum atomic E-state index is 14.1. The molecule has 0 spiro atoms. The van der Waals surface area contributed by atoms with Crippen LogP contribution in [0.15, 0.2) is 66.7 Å². The van der Waals surface area contributed by atoms with Crippen LogP contribution in [0.5, 0.6) is 11.5 Å². The summed E-state index contributed by atoms with van der Waals surface area (Å²) in [7, 11) is 2.99. The van der Waals surface area contributed by atoms with E-state index in [0.717, 1.165) is 25.7 Å². The molecule has 0 radical (unpaired) electrons. The smallest absolute Gasteiger partial charge is 0.249 e. The van der Waals surface area contributed by atoms with Gasteiger partial charge in [-0.3, -0.25) is 14.5 Å². The van der Waals surface area contributed by atoms with Gasteiger partial charge >= 0.3 is 0 Å². The van der Waals surface area contributed by atoms with E-state index in [1.54, 1.807) is 24.3 Å². The Morgan fingerprint density at radius 3 is 2.49 bits per heavy atom. The second kappa shape index (κ2) is 11.5. The van der Waals surface area contributed by atoms with E-state index >= 15 is 0 Å². The van der Waals surface area contributed by atoms with Gasteiger partial charge < -0.3 is 14.8 Å². The van der Waals surface area contributed by atoms with Crippen LogP contribution in [-0.2, 0) is 16.1 Å². The summed E-state index contributed by atoms with van der Waals surface area (Å²) in [5.41, 5.74) is 2.11. The third-order valence-corrected chi connectivity index (χ3v) is 7.01. The highest BCUT2D eigenvalue weighted by atomic mass is 19.1. The summed E-state index contributed by atoms with van der Waals surface area (Å²) in [4.78, 5) is 29.6. The number of anilines is 1. The fourth-order valence-electron chi connectivity index (χ4n) is 5.15. The molecule has 1 aromatic heterocycles. The van der Waals surface area contributed by atoms with E-state index in [2.05, 4.69) is 15.6 Å². The number of amides is 2. The van der Waals surface area contributed by atoms with Crippen LogP contribution < -0.4 is 19.7 Å². The second-order valence-electron chi connectivity index (χ2n) is 9.45. The van der Waals surface area contributed by atoms with E-state index in [0.29, 0.717) is 33.8 Å². The first-order valence-corrected chi connectivity index (χ1v) is 12.9. The number of para-hydroxylation sites is 2. The van der Waals surface area contributed by atoms with Crippen molar-refractivity contribution < 1.29 is 23.5 Å². The van der Waals surface area contributed by atoms with Crippen molar-refractivity contribution in [2.45, 2.75) is 44.3 Å². The molecular formula is C29H30FN5O4. The zero-order valence-electron chi connectivity index (χ0n) is 21.8. The summed E-state index contributed by atoms with van der Waals surface area (Å²) in [6.07, 6.45) is 3.78. The van der Waals surface area contributed by atoms with Gasteiger partial charge in [-0.2, -0.15) is 0 Å². The number of rotatable bonds is 9. The summed E-state index contributed by atoms with van der Waals surface area (Å²) in [6.45, 7) is -0.197. The molecule has 0 unspecified atom stereocenters. The summed E-state index contributed by atoms with van der Waals surface area (Å²) in [5, 5.41) is 11.4. The van der Waals surface area contributed by atoms with Crippen LogP contribution in [0.2, 0.25) is 0 Å². The van der Waals surface area contributed by atoms with E-state index in [-0.39, 0.29) is 18.5 Å². The molecule has 1 N–H and O–H groups in total. The van der Waals surface area contributed by atoms with Gasteiger partial charge in [0.05, 0.1) is 19.7 Å². The molecule has 0 aliphatic heterocycles. The molecule has 0 saturated heterocycles. The minimum atomic E-state index is -1.14. The van der Waals surface area contributed by atoms with Gasteiger partial charge in [0.2, 0.25) is 11.8 Å². The molecule has 4 aromatic rings. The fraction of sp³-hybridized carbons (Fsp3) is 0.310. The quantitative estimate of drug-likeness (QED) is 0.343. The topological polar surface area (TPSA) is 98.6 Å². The Bertz CT molecular complexity index is 1470. The van der Waals surface area contributed by atoms with Gasteiger partial charge in [-0.05, 0) is 55.3 Å². The number of aromatic nitrogens is 3. The molecule has 0 bridgehead atoms. The Labute approximate surface area is 225 Å². The molecule has 1 fully saturated rings. The van der Waals surface area contributed by atoms with Crippen molar-refractivity contribution >= 4 is 28.5 Å². The van der Waals surface area contributed by atoms with Crippen molar-refractivity contribution in [3.63, 3.8) is 0 Å². The summed E-state index contributed by atoms with van der Waals surface area (Å²) in [5.74, 6) is -0.511. The number of nitrogens with one attached hydrogen (secondary N) is 1. The number of ether oxygens (including phenoxy) is 2. The van der Waals surface area contributed by atoms with Crippen molar-refractivity contribution in [2.75, 3.05) is 19.1 Å². The number of hydrogen-bond acceptors (Lipinski definition) is 6. The van der Waals surface area contributed by atoms with Crippen LogP contribution >= 0.6 is 0 Å². The summed E-state index contributed by atoms with van der Waals surface area (Å²) >= 11 is 0. The molecule has 3 aromatic carbocycles. The molecule has 1 saturated carbocycles. The number of carbonyl (C=O) groups excluding carboxylic acids is 2. The van der Waals surface area contributed by atoms with E-state index < -0.39 is 17.8 Å². The summed E-state index contributed by atoms with van der Waals surface area (Å²) < 4.78 is 26.6. The van der Waals surface area contributed by atoms with Crippen LogP contribution in [-0.4, -0.2) is 47.1 Å². The van der Waals surface area contributed by atoms with Gasteiger partial charge in [0.1, 0.15) is 23.9 Å². The zero-order valence-corrected chi connectivity index (χ0v) is 21.8. The number of methoxy groups -OCH3 is 2. The normalized spacial score (nSPS) is 14.2. The van der Waals surface area contributed by atoms with Gasteiger partial charge in [0.25, 0.3) is 0 Å². The molecule has 39 heavy (non-hydrogen) atoms. The fourth-order valence-corrected chi connectivity index (χ4v) is 5.15. The predicted molar refractivity (Wildman–Crippen MR) is 144 cm³/mol. The highest BCUT2D eigenvalue weighted by Crippen LogP contribution is 2.39. The highest BCUT2D eigenvalue weighted by Gasteiger charge is 2.37. The van der Waals surface area contributed by atoms with Gasteiger partial charge in [0, 0.05) is 17.3 Å². The highest BCUT2D eigenvalue weighted by molar-refractivity contribution is 6.02. The van der Waals surface area contributed by atoms with Gasteiger partial charge in [0.15, 0.2) is 11.5 Å². The van der Waals surface area contributed by atoms with Crippen LogP contribution in [0.25, 0.3) is 11.0 Å². The second-order valence-corrected chi connectivity index (χ2v) is 9.45. The Balaban J connectivity index is 1.63. The molecule has 2 amide bonds. The molecular weight excluding hydrogens is 501 g/mol. The Morgan fingerprint density at radius 2 is 1.77 bits per heavy atom. The number of hydrogen-bond donors (Lipinski definition) is 1. The number of halogens is 1. The average molecular weight is 532 g/mol. The van der Waals surface area contributed by atoms with Crippen LogP contribution in [0, 0.1) is 5.82 Å². The number of carbonyl (C=O) groups is 2. The van der Waals surface area contributed by atoms with Crippen molar-refractivity contribution in [1.82, 2.24) is 20.3 Å². The SMILES string of the molecule is COc1cccc([C@H](C(=O)NC2CCCC2)N(C(=O)Cn2nnc3ccccc32)c2ccc(F)cc2)c1OC. The maximum Gasteiger partial charge on any atom is 0.249 e. The minimum Gasteiger partial charge on any atom is -0.493 e. The van der Waals surface area contributed by atoms with Gasteiger partial charge in [-0.1, -0.05) is 42.3 Å². The lowest BCUT2D eigenvalue weighted by Gasteiger charge is -2.33. The van der Waals surface area contributed by atoms with E-state index in [1.165, 1.54) is 48.1 Å². The molecule has 5 rings (SSSR count). The minimum absolute atomic E-state index is 0.000955. The van der Waals surface area contributed by atoms with E-state index in [1.807, 2.05) is 18.2 Å². The van der Waals surface area contributed by atoms with Crippen molar-refractivity contribution in [3.8, 4) is 11.5 Å². The molecule has 9 nitrogen and oxygen atoms in total. The Hall–Kier alpha value is -4.47. The van der Waals surface area contributed by atoms with E-state index in [4.69, 9.17) is 9.47 Å². The molecule has 1 heterocycles. The Kier molecular flexibility index (Phi) is 7.72. The third-order valence-electron chi connectivity index (χ3n) is 7.01. The molecule has 1 aliphatic rings. The number of benzene rings is 3. The molecule has 1 atom stereocenters. The lowest BCUT2D eigenvalue weighted by atomic mass is 10.00. The standard InChI is InChI=1S/C29H30FN5O4/c1-38-25-13-7-10-22(28(25)39-2)27(29(37)31-20-8-3-4-9-20)35(21-16-14-19(30)15-17-21)26(36)18-34-24-12-6-5-11-23(24)32-33-34/h5-7,10-17,20,27H,3-4,8-9,18H2,1-2H3,(H,31,37)/t27-/m1/s1. The maximum absolute atomic E-state index is 14.1. The molecule has 1 aliphatic carbocycles. The van der Waals surface area contributed by atoms with Crippen molar-refractivity contribution in [1.29, 1.82) is 0 Å². The first-order valence-electron chi connectivity index (χ1n) is 12.9. The first kappa shape index (κ1) is 26.1. The van der Waals surface area contributed by atoms with Crippen molar-refractivity contribution in [2.24, 2.45) is 0 Å². The monoisotopic (exact) mass is 531 g/mol. The summed E-state index contributed by atoms with van der Waals surface area (Å²) in [6, 6.07) is 16.8. The average Bonchev–Trinajstić information content (AvgIpc) is 3.62. The molecule has 10 heteroatoms. The lowest BCUT2D eigenvalue weighted by molar-refractivity contribution is -0.127. The molecule has 202 valence electrons. The van der Waals surface area contributed by atoms with Crippen molar-refractivity contribution in [3.05, 3.63) is 78.1 Å². The number of fused-ring (bicyclic) bond motifs is 1. The van der Waals surface area contributed by atoms with Crippen LogP contribution in [0.4, 0.5) is 10.1 Å². The predicted octanol–water partition coefficient (Wildman–Crippen LogP) is 4.42. The van der Waals surface area contributed by atoms with E-state index in [9.17, 15) is 14.0 Å². The largest absolute Gasteiger partial charge is 0.493 e. The van der Waals surface area contributed by atoms with Crippen LogP contribution in [0.3, 0.4) is 0 Å². The van der Waals surface area contributed by atoms with Crippen LogP contribution in [0.1, 0.15) is 37.3 Å². The zero-order chi connectivity index (χ0) is 27.4. The van der Waals surface area contributed by atoms with Gasteiger partial charge in [-0.25, -0.2) is 9.07 Å². The lowest BCUT2D eigenvalue weighted by Crippen LogP contribution is -2.47.